The van der Waals surface area contributed by atoms with Crippen LogP contribution in [0, 0.1) is 12.7 Å². The normalized spacial score (nSPS) is 10.3. The molecule has 2 N–H and O–H groups in total. The van der Waals surface area contributed by atoms with Crippen molar-refractivity contribution in [3.63, 3.8) is 0 Å². The van der Waals surface area contributed by atoms with E-state index in [9.17, 15) is 4.39 Å². The maximum atomic E-state index is 13.1. The van der Waals surface area contributed by atoms with Crippen LogP contribution >= 0.6 is 11.6 Å². The fourth-order valence-electron chi connectivity index (χ4n) is 0.991. The molecular weight excluding hydrogens is 181 g/mol. The number of benzene rings is 1. The van der Waals surface area contributed by atoms with Gasteiger partial charge in [0.05, 0.1) is 11.6 Å². The number of hydrogen-bond donors (Lipinski definition) is 1. The van der Waals surface area contributed by atoms with Gasteiger partial charge >= 0.3 is 0 Å². The minimum Gasteiger partial charge on any atom is -0.300 e. The van der Waals surface area contributed by atoms with Gasteiger partial charge in [-0.05, 0) is 18.6 Å². The molecule has 0 saturated heterocycles. The SMILES string of the molecule is Cc1cc(Cl)c(F)c(CON)c1. The summed E-state index contributed by atoms with van der Waals surface area (Å²) in [6.45, 7) is 1.86. The number of nitrogens with two attached hydrogens (primary N) is 1. The molecule has 0 bridgehead atoms. The van der Waals surface area contributed by atoms with Crippen molar-refractivity contribution in [3.8, 4) is 0 Å². The van der Waals surface area contributed by atoms with Gasteiger partial charge in [0, 0.05) is 5.56 Å². The zero-order valence-electron chi connectivity index (χ0n) is 6.60. The smallest absolute Gasteiger partial charge is 0.147 e. The van der Waals surface area contributed by atoms with Crippen LogP contribution in [-0.2, 0) is 11.4 Å². The lowest BCUT2D eigenvalue weighted by molar-refractivity contribution is 0.121. The summed E-state index contributed by atoms with van der Waals surface area (Å²) in [5.41, 5.74) is 1.26. The average molecular weight is 190 g/mol. The van der Waals surface area contributed by atoms with Crippen molar-refractivity contribution >= 4 is 11.6 Å². The van der Waals surface area contributed by atoms with Crippen molar-refractivity contribution < 1.29 is 9.23 Å². The maximum absolute atomic E-state index is 13.1. The molecule has 0 heterocycles. The third-order valence-corrected chi connectivity index (χ3v) is 1.76. The highest BCUT2D eigenvalue weighted by Crippen LogP contribution is 2.20. The minimum absolute atomic E-state index is 0.0350. The second-order valence-electron chi connectivity index (χ2n) is 2.53. The Hall–Kier alpha value is -0.640. The van der Waals surface area contributed by atoms with Gasteiger partial charge in [0.15, 0.2) is 0 Å². The molecule has 1 aromatic rings. The van der Waals surface area contributed by atoms with Gasteiger partial charge in [-0.3, -0.25) is 4.84 Å². The Morgan fingerprint density at radius 3 is 2.83 bits per heavy atom. The van der Waals surface area contributed by atoms with E-state index in [4.69, 9.17) is 17.5 Å². The molecule has 0 unspecified atom stereocenters. The average Bonchev–Trinajstić information content (AvgIpc) is 2.00. The Morgan fingerprint density at radius 1 is 1.58 bits per heavy atom. The first-order valence-corrected chi connectivity index (χ1v) is 3.79. The summed E-state index contributed by atoms with van der Waals surface area (Å²) >= 11 is 5.58. The van der Waals surface area contributed by atoms with Crippen molar-refractivity contribution in [2.24, 2.45) is 5.90 Å². The fourth-order valence-corrected chi connectivity index (χ4v) is 1.28. The third-order valence-electron chi connectivity index (χ3n) is 1.49. The van der Waals surface area contributed by atoms with E-state index in [1.807, 2.05) is 6.92 Å². The first kappa shape index (κ1) is 9.45. The van der Waals surface area contributed by atoms with Crippen LogP contribution in [0.4, 0.5) is 4.39 Å². The molecular formula is C8H9ClFNO. The highest BCUT2D eigenvalue weighted by atomic mass is 35.5. The van der Waals surface area contributed by atoms with Crippen LogP contribution in [-0.4, -0.2) is 0 Å². The van der Waals surface area contributed by atoms with E-state index in [1.54, 1.807) is 12.1 Å². The van der Waals surface area contributed by atoms with Crippen molar-refractivity contribution in [2.75, 3.05) is 0 Å². The van der Waals surface area contributed by atoms with Gasteiger partial charge in [-0.2, -0.15) is 0 Å². The first-order valence-electron chi connectivity index (χ1n) is 3.41. The molecule has 0 aromatic heterocycles. The van der Waals surface area contributed by atoms with Crippen molar-refractivity contribution in [1.29, 1.82) is 0 Å². The third kappa shape index (κ3) is 1.94. The summed E-state index contributed by atoms with van der Waals surface area (Å²) in [5.74, 6) is 4.35. The van der Waals surface area contributed by atoms with Crippen LogP contribution in [0.3, 0.4) is 0 Å². The van der Waals surface area contributed by atoms with Crippen LogP contribution in [0.25, 0.3) is 0 Å². The molecule has 12 heavy (non-hydrogen) atoms. The molecule has 1 rings (SSSR count). The van der Waals surface area contributed by atoms with Crippen LogP contribution in [0.2, 0.25) is 5.02 Å². The predicted octanol–water partition coefficient (Wildman–Crippen LogP) is 2.18. The second-order valence-corrected chi connectivity index (χ2v) is 2.94. The fraction of sp³-hybridized carbons (Fsp3) is 0.250. The van der Waals surface area contributed by atoms with Gasteiger partial charge in [-0.25, -0.2) is 10.3 Å². The van der Waals surface area contributed by atoms with E-state index in [2.05, 4.69) is 4.84 Å². The van der Waals surface area contributed by atoms with Gasteiger partial charge in [0.1, 0.15) is 5.82 Å². The van der Waals surface area contributed by atoms with Gasteiger partial charge in [-0.1, -0.05) is 17.7 Å². The monoisotopic (exact) mass is 189 g/mol. The number of halogens is 2. The van der Waals surface area contributed by atoms with E-state index in [0.29, 0.717) is 5.56 Å². The van der Waals surface area contributed by atoms with Crippen LogP contribution < -0.4 is 5.90 Å². The van der Waals surface area contributed by atoms with E-state index >= 15 is 0 Å². The molecule has 0 aliphatic heterocycles. The van der Waals surface area contributed by atoms with Gasteiger partial charge < -0.3 is 0 Å². The molecule has 0 saturated carbocycles. The lowest BCUT2D eigenvalue weighted by Crippen LogP contribution is -2.01. The minimum atomic E-state index is -0.465. The van der Waals surface area contributed by atoms with Crippen LogP contribution in [0.5, 0.6) is 0 Å². The van der Waals surface area contributed by atoms with Crippen LogP contribution in [0.1, 0.15) is 11.1 Å². The van der Waals surface area contributed by atoms with Crippen molar-refractivity contribution in [1.82, 2.24) is 0 Å². The highest BCUT2D eigenvalue weighted by molar-refractivity contribution is 6.30. The van der Waals surface area contributed by atoms with Crippen molar-refractivity contribution in [3.05, 3.63) is 34.1 Å². The molecule has 0 aliphatic carbocycles. The van der Waals surface area contributed by atoms with Gasteiger partial charge in [0.2, 0.25) is 0 Å². The standard InChI is InChI=1S/C8H9ClFNO/c1-5-2-6(4-12-11)8(10)7(9)3-5/h2-3H,4,11H2,1H3. The van der Waals surface area contributed by atoms with E-state index in [-0.39, 0.29) is 11.6 Å². The largest absolute Gasteiger partial charge is 0.300 e. The molecule has 0 spiro atoms. The quantitative estimate of drug-likeness (QED) is 0.724. The summed E-state index contributed by atoms with van der Waals surface area (Å²) < 4.78 is 13.1. The zero-order chi connectivity index (χ0) is 9.14. The molecule has 1 aromatic carbocycles. The molecule has 0 aliphatic rings. The Kier molecular flexibility index (Phi) is 3.03. The summed E-state index contributed by atoms with van der Waals surface area (Å²) in [7, 11) is 0. The molecule has 0 fully saturated rings. The molecule has 0 amide bonds. The second kappa shape index (κ2) is 3.85. The van der Waals surface area contributed by atoms with Crippen molar-refractivity contribution in [2.45, 2.75) is 13.5 Å². The molecule has 66 valence electrons. The Balaban J connectivity index is 3.09. The summed E-state index contributed by atoms with van der Waals surface area (Å²) in [4.78, 5) is 4.32. The summed E-state index contributed by atoms with van der Waals surface area (Å²) in [5, 5.41) is 0.0991. The number of aryl methyl sites for hydroxylation is 1. The Morgan fingerprint density at radius 2 is 2.25 bits per heavy atom. The summed E-state index contributed by atoms with van der Waals surface area (Å²) in [6, 6.07) is 3.20. The van der Waals surface area contributed by atoms with Gasteiger partial charge in [0.25, 0.3) is 0 Å². The zero-order valence-corrected chi connectivity index (χ0v) is 7.36. The topological polar surface area (TPSA) is 35.2 Å². The Bertz CT molecular complexity index is 291. The molecule has 2 nitrogen and oxygen atoms in total. The first-order chi connectivity index (χ1) is 5.65. The van der Waals surface area contributed by atoms with E-state index in [1.165, 1.54) is 0 Å². The van der Waals surface area contributed by atoms with E-state index in [0.717, 1.165) is 5.56 Å². The predicted molar refractivity (Wildman–Crippen MR) is 45.1 cm³/mol. The van der Waals surface area contributed by atoms with Gasteiger partial charge in [-0.15, -0.1) is 0 Å². The maximum Gasteiger partial charge on any atom is 0.147 e. The molecule has 0 atom stereocenters. The summed E-state index contributed by atoms with van der Waals surface area (Å²) in [6.07, 6.45) is 0. The lowest BCUT2D eigenvalue weighted by atomic mass is 10.1. The highest BCUT2D eigenvalue weighted by Gasteiger charge is 2.07. The molecule has 4 heteroatoms. The lowest BCUT2D eigenvalue weighted by Gasteiger charge is -2.04. The molecule has 0 radical (unpaired) electrons. The number of hydrogen-bond acceptors (Lipinski definition) is 2. The Labute approximate surface area is 75.0 Å². The van der Waals surface area contributed by atoms with E-state index < -0.39 is 5.82 Å². The van der Waals surface area contributed by atoms with Crippen LogP contribution in [0.15, 0.2) is 12.1 Å². The number of rotatable bonds is 2.